The van der Waals surface area contributed by atoms with Crippen LogP contribution in [-0.2, 0) is 4.79 Å². The first-order chi connectivity index (χ1) is 8.41. The Morgan fingerprint density at radius 3 is 2.89 bits per heavy atom. The summed E-state index contributed by atoms with van der Waals surface area (Å²) in [4.78, 5) is 18.1. The normalized spacial score (nSPS) is 21.1. The molecule has 1 aliphatic heterocycles. The third-order valence-electron chi connectivity index (χ3n) is 3.87. The Hall–Kier alpha value is -1.10. The summed E-state index contributed by atoms with van der Waals surface area (Å²) in [7, 11) is 0. The molecule has 1 saturated heterocycles. The van der Waals surface area contributed by atoms with Gasteiger partial charge in [-0.2, -0.15) is 0 Å². The van der Waals surface area contributed by atoms with Crippen molar-refractivity contribution in [2.24, 2.45) is 11.3 Å². The van der Waals surface area contributed by atoms with Crippen molar-refractivity contribution in [2.45, 2.75) is 33.6 Å². The zero-order chi connectivity index (χ0) is 13.3. The van der Waals surface area contributed by atoms with Crippen LogP contribution in [0.1, 0.15) is 32.4 Å². The average Bonchev–Trinajstić information content (AvgIpc) is 2.76. The monoisotopic (exact) mass is 268 g/mol. The zero-order valence-electron chi connectivity index (χ0n) is 11.1. The van der Waals surface area contributed by atoms with Gasteiger partial charge >= 0.3 is 5.97 Å². The van der Waals surface area contributed by atoms with Gasteiger partial charge in [0.1, 0.15) is 0 Å². The van der Waals surface area contributed by atoms with Crippen molar-refractivity contribution in [3.8, 4) is 0 Å². The van der Waals surface area contributed by atoms with Crippen LogP contribution >= 0.6 is 11.3 Å². The molecule has 0 amide bonds. The molecule has 1 aromatic heterocycles. The van der Waals surface area contributed by atoms with Crippen LogP contribution in [0.5, 0.6) is 0 Å². The molecule has 1 atom stereocenters. The molecule has 100 valence electrons. The minimum absolute atomic E-state index is 0.188. The number of aromatic nitrogens is 1. The van der Waals surface area contributed by atoms with E-state index in [1.807, 2.05) is 26.2 Å². The van der Waals surface area contributed by atoms with Crippen molar-refractivity contribution in [1.82, 2.24) is 4.98 Å². The number of hydrogen-bond acceptors (Lipinski definition) is 4. The number of thiazole rings is 1. The molecule has 1 aromatic rings. The van der Waals surface area contributed by atoms with Crippen LogP contribution in [0.15, 0.2) is 5.38 Å². The van der Waals surface area contributed by atoms with Crippen LogP contribution < -0.4 is 4.90 Å². The Morgan fingerprint density at radius 2 is 2.33 bits per heavy atom. The number of carboxylic acid groups (broad SMARTS) is 1. The van der Waals surface area contributed by atoms with Gasteiger partial charge in [0.05, 0.1) is 11.1 Å². The van der Waals surface area contributed by atoms with Crippen molar-refractivity contribution >= 4 is 22.4 Å². The van der Waals surface area contributed by atoms with Crippen molar-refractivity contribution < 1.29 is 9.90 Å². The van der Waals surface area contributed by atoms with E-state index in [2.05, 4.69) is 9.88 Å². The summed E-state index contributed by atoms with van der Waals surface area (Å²) in [5.41, 5.74) is 0.375. The molecule has 0 aliphatic carbocycles. The third kappa shape index (κ3) is 2.51. The Labute approximate surface area is 112 Å². The van der Waals surface area contributed by atoms with Gasteiger partial charge < -0.3 is 10.0 Å². The van der Waals surface area contributed by atoms with E-state index in [0.717, 1.165) is 36.8 Å². The summed E-state index contributed by atoms with van der Waals surface area (Å²) in [6.07, 6.45) is 2.03. The molecule has 1 aliphatic rings. The van der Waals surface area contributed by atoms with E-state index in [0.29, 0.717) is 0 Å². The highest BCUT2D eigenvalue weighted by Gasteiger charge is 2.39. The first-order valence-electron chi connectivity index (χ1n) is 6.31. The maximum absolute atomic E-state index is 11.3. The SMILES string of the molecule is Cc1csc(N2CCCC(C(C)(C)C(=O)O)C2)n1. The number of nitrogens with zero attached hydrogens (tertiary/aromatic N) is 2. The van der Waals surface area contributed by atoms with Gasteiger partial charge in [-0.15, -0.1) is 11.3 Å². The van der Waals surface area contributed by atoms with E-state index < -0.39 is 11.4 Å². The quantitative estimate of drug-likeness (QED) is 0.916. The largest absolute Gasteiger partial charge is 0.481 e. The van der Waals surface area contributed by atoms with Crippen molar-refractivity contribution in [3.05, 3.63) is 11.1 Å². The second-order valence-electron chi connectivity index (χ2n) is 5.58. The summed E-state index contributed by atoms with van der Waals surface area (Å²) in [5.74, 6) is -0.516. The summed E-state index contributed by atoms with van der Waals surface area (Å²) < 4.78 is 0. The molecule has 4 nitrogen and oxygen atoms in total. The maximum Gasteiger partial charge on any atom is 0.309 e. The van der Waals surface area contributed by atoms with Gasteiger partial charge in [0.25, 0.3) is 0 Å². The highest BCUT2D eigenvalue weighted by atomic mass is 32.1. The second-order valence-corrected chi connectivity index (χ2v) is 6.42. The second kappa shape index (κ2) is 4.88. The van der Waals surface area contributed by atoms with Gasteiger partial charge in [-0.3, -0.25) is 4.79 Å². The fourth-order valence-electron chi connectivity index (χ4n) is 2.40. The summed E-state index contributed by atoms with van der Waals surface area (Å²) >= 11 is 1.64. The third-order valence-corrected chi connectivity index (χ3v) is 4.89. The highest BCUT2D eigenvalue weighted by molar-refractivity contribution is 7.13. The molecule has 1 fully saturated rings. The van der Waals surface area contributed by atoms with E-state index in [-0.39, 0.29) is 5.92 Å². The average molecular weight is 268 g/mol. The predicted octanol–water partition coefficient (Wildman–Crippen LogP) is 2.78. The Kier molecular flexibility index (Phi) is 3.61. The topological polar surface area (TPSA) is 53.4 Å². The van der Waals surface area contributed by atoms with Gasteiger partial charge in [-0.1, -0.05) is 0 Å². The lowest BCUT2D eigenvalue weighted by atomic mass is 9.75. The van der Waals surface area contributed by atoms with Crippen LogP contribution in [0.2, 0.25) is 0 Å². The minimum Gasteiger partial charge on any atom is -0.481 e. The molecule has 2 rings (SSSR count). The van der Waals surface area contributed by atoms with E-state index in [1.165, 1.54) is 0 Å². The van der Waals surface area contributed by atoms with Crippen LogP contribution in [-0.4, -0.2) is 29.1 Å². The Morgan fingerprint density at radius 1 is 1.61 bits per heavy atom. The molecule has 18 heavy (non-hydrogen) atoms. The van der Waals surface area contributed by atoms with Crippen molar-refractivity contribution in [2.75, 3.05) is 18.0 Å². The Balaban J connectivity index is 2.12. The van der Waals surface area contributed by atoms with Gasteiger partial charge in [-0.05, 0) is 39.5 Å². The smallest absolute Gasteiger partial charge is 0.309 e. The first-order valence-corrected chi connectivity index (χ1v) is 7.19. The fraction of sp³-hybridized carbons (Fsp3) is 0.692. The van der Waals surface area contributed by atoms with E-state index in [9.17, 15) is 9.90 Å². The zero-order valence-corrected chi connectivity index (χ0v) is 12.0. The fourth-order valence-corrected chi connectivity index (χ4v) is 3.24. The molecule has 5 heteroatoms. The molecule has 0 spiro atoms. The molecule has 2 heterocycles. The molecule has 1 unspecified atom stereocenters. The molecular formula is C13H20N2O2S. The number of hydrogen-bond donors (Lipinski definition) is 1. The molecule has 0 aromatic carbocycles. The van der Waals surface area contributed by atoms with Crippen LogP contribution in [0.3, 0.4) is 0 Å². The summed E-state index contributed by atoms with van der Waals surface area (Å²) in [6.45, 7) is 7.43. The van der Waals surface area contributed by atoms with Crippen molar-refractivity contribution in [1.29, 1.82) is 0 Å². The van der Waals surface area contributed by atoms with Gasteiger partial charge in [0.15, 0.2) is 5.13 Å². The predicted molar refractivity (Wildman–Crippen MR) is 73.2 cm³/mol. The molecule has 0 saturated carbocycles. The lowest BCUT2D eigenvalue weighted by Crippen LogP contribution is -2.44. The lowest BCUT2D eigenvalue weighted by Gasteiger charge is -2.39. The Bertz CT molecular complexity index is 442. The number of anilines is 1. The van der Waals surface area contributed by atoms with Crippen molar-refractivity contribution in [3.63, 3.8) is 0 Å². The van der Waals surface area contributed by atoms with Gasteiger partial charge in [0, 0.05) is 18.5 Å². The van der Waals surface area contributed by atoms with E-state index >= 15 is 0 Å². The number of rotatable bonds is 3. The summed E-state index contributed by atoms with van der Waals surface area (Å²) in [6, 6.07) is 0. The van der Waals surface area contributed by atoms with Gasteiger partial charge in [0.2, 0.25) is 0 Å². The standard InChI is InChI=1S/C13H20N2O2S/c1-9-8-18-12(14-9)15-6-4-5-10(7-15)13(2,3)11(16)17/h8,10H,4-7H2,1-3H3,(H,16,17). The van der Waals surface area contributed by atoms with Gasteiger partial charge in [-0.25, -0.2) is 4.98 Å². The number of carboxylic acids is 1. The van der Waals surface area contributed by atoms with E-state index in [4.69, 9.17) is 0 Å². The number of carbonyl (C=O) groups is 1. The number of piperidine rings is 1. The van der Waals surface area contributed by atoms with E-state index in [1.54, 1.807) is 11.3 Å². The molecular weight excluding hydrogens is 248 g/mol. The highest BCUT2D eigenvalue weighted by Crippen LogP contribution is 2.36. The maximum atomic E-state index is 11.3. The van der Waals surface area contributed by atoms with Crippen LogP contribution in [0, 0.1) is 18.3 Å². The minimum atomic E-state index is -0.704. The van der Waals surface area contributed by atoms with Crippen LogP contribution in [0.4, 0.5) is 5.13 Å². The molecule has 1 N–H and O–H groups in total. The van der Waals surface area contributed by atoms with Crippen LogP contribution in [0.25, 0.3) is 0 Å². The first kappa shape index (κ1) is 13.3. The number of aliphatic carboxylic acids is 1. The molecule has 0 radical (unpaired) electrons. The lowest BCUT2D eigenvalue weighted by molar-refractivity contribution is -0.150. The molecule has 0 bridgehead atoms. The number of aryl methyl sites for hydroxylation is 1. The summed E-state index contributed by atoms with van der Waals surface area (Å²) in [5, 5.41) is 12.4.